The molecule has 0 unspecified atom stereocenters. The zero-order valence-corrected chi connectivity index (χ0v) is 41.9. The Bertz CT molecular complexity index is 3110. The molecule has 2 aromatic heterocycles. The van der Waals surface area contributed by atoms with Crippen molar-refractivity contribution in [3.05, 3.63) is 110 Å². The quantitative estimate of drug-likeness (QED) is 0.0205. The molecule has 8 rings (SSSR count). The summed E-state index contributed by atoms with van der Waals surface area (Å²) >= 11 is 0. The van der Waals surface area contributed by atoms with Crippen LogP contribution in [0.4, 0.5) is 4.39 Å². The molecular weight excluding hydrogens is 990 g/mol. The predicted octanol–water partition coefficient (Wildman–Crippen LogP) is 0.673. The summed E-state index contributed by atoms with van der Waals surface area (Å²) in [6.45, 7) is 1.60. The van der Waals surface area contributed by atoms with Crippen molar-refractivity contribution < 1.29 is 62.1 Å². The molecule has 4 aliphatic rings. The van der Waals surface area contributed by atoms with Crippen LogP contribution in [0.2, 0.25) is 0 Å². The summed E-state index contributed by atoms with van der Waals surface area (Å²) in [6, 6.07) is 9.99. The number of benzene rings is 2. The molecule has 0 radical (unpaired) electrons. The highest BCUT2D eigenvalue weighted by Gasteiger charge is 2.46. The van der Waals surface area contributed by atoms with Crippen molar-refractivity contribution in [3.8, 4) is 11.4 Å². The van der Waals surface area contributed by atoms with Gasteiger partial charge in [-0.3, -0.25) is 48.1 Å². The minimum Gasteiger partial charge on any atom is -0.458 e. The highest BCUT2D eigenvalue weighted by atomic mass is 19.1. The lowest BCUT2D eigenvalue weighted by Crippen LogP contribution is -2.52. The largest absolute Gasteiger partial charge is 0.458 e. The smallest absolute Gasteiger partial charge is 0.343 e. The molecule has 400 valence electrons. The minimum atomic E-state index is -2.00. The zero-order valence-electron chi connectivity index (χ0n) is 41.9. The van der Waals surface area contributed by atoms with Crippen LogP contribution in [0, 0.1) is 12.7 Å². The van der Waals surface area contributed by atoms with E-state index in [2.05, 4.69) is 31.9 Å². The van der Waals surface area contributed by atoms with Crippen molar-refractivity contribution in [3.63, 3.8) is 0 Å². The second-order valence-corrected chi connectivity index (χ2v) is 18.9. The van der Waals surface area contributed by atoms with Gasteiger partial charge in [0.05, 0.1) is 67.7 Å². The van der Waals surface area contributed by atoms with Crippen LogP contribution in [-0.4, -0.2) is 118 Å². The van der Waals surface area contributed by atoms with E-state index in [1.807, 2.05) is 0 Å². The van der Waals surface area contributed by atoms with Crippen molar-refractivity contribution >= 4 is 64.1 Å². The molecule has 3 atom stereocenters. The highest BCUT2D eigenvalue weighted by molar-refractivity contribution is 6.12. The Morgan fingerprint density at radius 2 is 1.57 bits per heavy atom. The molecule has 7 N–H and O–H groups in total. The zero-order chi connectivity index (χ0) is 54.3. The van der Waals surface area contributed by atoms with E-state index in [0.717, 1.165) is 16.0 Å². The first-order chi connectivity index (χ1) is 36.5. The Kier molecular flexibility index (Phi) is 16.8. The molecule has 3 aliphatic heterocycles. The standard InChI is InChI=1S/C53H58FN9O13/c1-3-53(74)34-21-39-49-32(26-63(39)51(72)33(34)27-76-52(53)73)31-13-14-36(47-29(2)35(54)22-37(61-49)48(31)47)59-41(65)17-19-75-28-58-43(67)24-57-50(71)38(20-30-10-6-4-7-11-30)60-44(68)25-56-42(66)23-55-40(64)12-8-5-9-18-62-45(69)15-16-46(62)70/h4,6-7,10-11,15-16,21-22,36,38,74H,3,5,8-9,12-14,17-20,23-28H2,1-2H3,(H,55,64)(H,56,66)(H,57,71)(H,58,67)(H,59,65)(H,60,68)/t36-,38+,53+/m1/s1. The number of nitrogens with one attached hydrogen (secondary N) is 6. The number of cyclic esters (lactones) is 1. The van der Waals surface area contributed by atoms with Gasteiger partial charge in [-0.05, 0) is 67.3 Å². The fraction of sp³-hybridized carbons (Fsp3) is 0.415. The van der Waals surface area contributed by atoms with Gasteiger partial charge in [0, 0.05) is 54.1 Å². The summed E-state index contributed by atoms with van der Waals surface area (Å²) in [7, 11) is 0. The van der Waals surface area contributed by atoms with Crippen LogP contribution >= 0.6 is 0 Å². The van der Waals surface area contributed by atoms with Crippen LogP contribution in [0.3, 0.4) is 0 Å². The predicted molar refractivity (Wildman–Crippen MR) is 267 cm³/mol. The number of nitrogens with zero attached hydrogens (tertiary/aromatic N) is 3. The first-order valence-electron chi connectivity index (χ1n) is 25.1. The van der Waals surface area contributed by atoms with Gasteiger partial charge in [0.15, 0.2) is 5.60 Å². The topological polar surface area (TPSA) is 303 Å². The molecule has 0 spiro atoms. The van der Waals surface area contributed by atoms with Crippen LogP contribution in [0.1, 0.15) is 96.9 Å². The number of amides is 8. The maximum Gasteiger partial charge on any atom is 0.343 e. The van der Waals surface area contributed by atoms with Gasteiger partial charge in [0.25, 0.3) is 17.4 Å². The Morgan fingerprint density at radius 3 is 2.32 bits per heavy atom. The summed E-state index contributed by atoms with van der Waals surface area (Å²) in [5.74, 6) is -5.57. The number of carbonyl (C=O) groups excluding carboxylic acids is 9. The normalized spacial score (nSPS) is 17.3. The number of ether oxygens (including phenoxy) is 2. The summed E-state index contributed by atoms with van der Waals surface area (Å²) in [6.07, 6.45) is 4.89. The molecule has 4 aromatic rings. The number of carbonyl (C=O) groups is 9. The van der Waals surface area contributed by atoms with E-state index < -0.39 is 90.1 Å². The van der Waals surface area contributed by atoms with Gasteiger partial charge in [-0.2, -0.15) is 0 Å². The number of aromatic nitrogens is 2. The first-order valence-corrected chi connectivity index (χ1v) is 25.1. The Balaban J connectivity index is 0.770. The van der Waals surface area contributed by atoms with Gasteiger partial charge in [-0.25, -0.2) is 14.2 Å². The minimum absolute atomic E-state index is 0.0135. The summed E-state index contributed by atoms with van der Waals surface area (Å²) in [5.41, 5.74) is 2.38. The van der Waals surface area contributed by atoms with Crippen LogP contribution in [0.25, 0.3) is 22.3 Å². The van der Waals surface area contributed by atoms with Crippen molar-refractivity contribution in [2.45, 2.75) is 102 Å². The average molecular weight is 1050 g/mol. The third-order valence-electron chi connectivity index (χ3n) is 14.0. The van der Waals surface area contributed by atoms with E-state index in [4.69, 9.17) is 14.5 Å². The molecule has 0 saturated heterocycles. The van der Waals surface area contributed by atoms with Gasteiger partial charge in [0.2, 0.25) is 35.4 Å². The monoisotopic (exact) mass is 1050 g/mol. The van der Waals surface area contributed by atoms with Crippen LogP contribution in [0.5, 0.6) is 0 Å². The second kappa shape index (κ2) is 23.6. The molecular formula is C53H58FN9O13. The summed E-state index contributed by atoms with van der Waals surface area (Å²) in [5, 5.41) is 27.4. The van der Waals surface area contributed by atoms with E-state index in [0.29, 0.717) is 71.1 Å². The lowest BCUT2D eigenvalue weighted by Gasteiger charge is -2.31. The van der Waals surface area contributed by atoms with Crippen molar-refractivity contribution in [1.82, 2.24) is 46.4 Å². The van der Waals surface area contributed by atoms with Crippen LogP contribution in [-0.2, 0) is 84.2 Å². The molecule has 2 aromatic carbocycles. The number of imide groups is 1. The van der Waals surface area contributed by atoms with E-state index in [1.165, 1.54) is 22.8 Å². The van der Waals surface area contributed by atoms with Crippen molar-refractivity contribution in [2.24, 2.45) is 0 Å². The Morgan fingerprint density at radius 1 is 0.855 bits per heavy atom. The number of hydrogen-bond donors (Lipinski definition) is 7. The van der Waals surface area contributed by atoms with E-state index in [9.17, 15) is 53.1 Å². The summed E-state index contributed by atoms with van der Waals surface area (Å²) < 4.78 is 27.9. The lowest BCUT2D eigenvalue weighted by molar-refractivity contribution is -0.172. The summed E-state index contributed by atoms with van der Waals surface area (Å²) in [4.78, 5) is 133. The fourth-order valence-corrected chi connectivity index (χ4v) is 9.91. The third kappa shape index (κ3) is 11.8. The Labute approximate surface area is 434 Å². The molecule has 0 bridgehead atoms. The number of aliphatic hydroxyl groups is 1. The maximum atomic E-state index is 15.7. The lowest BCUT2D eigenvalue weighted by atomic mass is 9.81. The second-order valence-electron chi connectivity index (χ2n) is 18.9. The molecule has 5 heterocycles. The molecule has 8 amide bonds. The van der Waals surface area contributed by atoms with Crippen molar-refractivity contribution in [2.75, 3.05) is 39.5 Å². The molecule has 22 nitrogen and oxygen atoms in total. The molecule has 0 fully saturated rings. The third-order valence-corrected chi connectivity index (χ3v) is 14.0. The van der Waals surface area contributed by atoms with Gasteiger partial charge < -0.3 is 51.0 Å². The number of unbranched alkanes of at least 4 members (excludes halogenated alkanes) is 2. The average Bonchev–Trinajstić information content (AvgIpc) is 4.01. The van der Waals surface area contributed by atoms with Gasteiger partial charge in [0.1, 0.15) is 25.2 Å². The maximum absolute atomic E-state index is 15.7. The number of pyridine rings is 2. The molecule has 0 saturated carbocycles. The highest BCUT2D eigenvalue weighted by Crippen LogP contribution is 2.45. The van der Waals surface area contributed by atoms with Crippen molar-refractivity contribution in [1.29, 1.82) is 0 Å². The van der Waals surface area contributed by atoms with Gasteiger partial charge in [-0.1, -0.05) is 43.7 Å². The number of rotatable bonds is 23. The van der Waals surface area contributed by atoms with Crippen LogP contribution < -0.4 is 37.5 Å². The number of fused-ring (bicyclic) bond motifs is 5. The fourth-order valence-electron chi connectivity index (χ4n) is 9.91. The first kappa shape index (κ1) is 54.1. The van der Waals surface area contributed by atoms with Gasteiger partial charge in [-0.15, -0.1) is 0 Å². The SMILES string of the molecule is CC[C@@]1(O)C(=O)OCc2c1cc1n(c2=O)Cc2c-1nc1cc(F)c(C)c3c1c2CC[C@H]3NC(=O)CCOCNC(=O)CNC(=O)[C@H](Cc1ccccc1)NC(=O)CNC(=O)CNC(=O)CCCCCN1C(=O)C=CC1=O. The molecule has 76 heavy (non-hydrogen) atoms. The number of aryl methyl sites for hydroxylation is 1. The number of halogens is 1. The molecule has 23 heteroatoms. The van der Waals surface area contributed by atoms with Crippen LogP contribution in [0.15, 0.2) is 59.4 Å². The number of esters is 1. The van der Waals surface area contributed by atoms with E-state index >= 15 is 4.39 Å². The van der Waals surface area contributed by atoms with E-state index in [1.54, 1.807) is 50.2 Å². The van der Waals surface area contributed by atoms with E-state index in [-0.39, 0.29) is 81.7 Å². The van der Waals surface area contributed by atoms with Gasteiger partial charge >= 0.3 is 5.97 Å². The molecule has 1 aliphatic carbocycles. The number of hydrogen-bond acceptors (Lipinski definition) is 14. The Hall–Kier alpha value is -8.18.